The highest BCUT2D eigenvalue weighted by atomic mass is 16.6. The first-order valence-electron chi connectivity index (χ1n) is 5.65. The van der Waals surface area contributed by atoms with Gasteiger partial charge in [-0.3, -0.25) is 10.1 Å². The third-order valence-electron chi connectivity index (χ3n) is 2.95. The maximum Gasteiger partial charge on any atom is 0.339 e. The van der Waals surface area contributed by atoms with E-state index >= 15 is 0 Å². The number of ether oxygens (including phenoxy) is 1. The van der Waals surface area contributed by atoms with Gasteiger partial charge in [0.25, 0.3) is 5.69 Å². The summed E-state index contributed by atoms with van der Waals surface area (Å²) in [5.74, 6) is -1.15. The van der Waals surface area contributed by atoms with Gasteiger partial charge in [-0.2, -0.15) is 0 Å². The lowest BCUT2D eigenvalue weighted by atomic mass is 10.0. The summed E-state index contributed by atoms with van der Waals surface area (Å²) in [6, 6.07) is 0.997. The Morgan fingerprint density at radius 2 is 2.42 bits per heavy atom. The molecule has 1 saturated heterocycles. The summed E-state index contributed by atoms with van der Waals surface area (Å²) < 4.78 is 5.25. The summed E-state index contributed by atoms with van der Waals surface area (Å²) in [4.78, 5) is 24.9. The lowest BCUT2D eigenvalue weighted by molar-refractivity contribution is -0.385. The fraction of sp³-hybridized carbons (Fsp3) is 0.455. The second-order valence-corrected chi connectivity index (χ2v) is 4.64. The second-order valence-electron chi connectivity index (χ2n) is 4.64. The molecule has 8 nitrogen and oxygen atoms in total. The van der Waals surface area contributed by atoms with Crippen LogP contribution in [0.4, 0.5) is 11.5 Å². The van der Waals surface area contributed by atoms with Crippen LogP contribution in [0.5, 0.6) is 0 Å². The Morgan fingerprint density at radius 3 is 2.95 bits per heavy atom. The van der Waals surface area contributed by atoms with E-state index in [0.29, 0.717) is 19.6 Å². The minimum Gasteiger partial charge on any atom is -0.478 e. The number of carboxylic acid groups (broad SMARTS) is 1. The Hall–Kier alpha value is -2.22. The smallest absolute Gasteiger partial charge is 0.339 e. The van der Waals surface area contributed by atoms with Gasteiger partial charge in [-0.15, -0.1) is 0 Å². The monoisotopic (exact) mass is 267 g/mol. The predicted octanol–water partition coefficient (Wildman–Crippen LogP) is 1.28. The summed E-state index contributed by atoms with van der Waals surface area (Å²) >= 11 is 0. The molecule has 1 unspecified atom stereocenters. The molecule has 2 heterocycles. The number of nitro groups is 1. The Balaban J connectivity index is 2.34. The number of rotatable bonds is 4. The van der Waals surface area contributed by atoms with Crippen molar-refractivity contribution >= 4 is 17.5 Å². The molecule has 0 amide bonds. The molecule has 0 aromatic carbocycles. The van der Waals surface area contributed by atoms with Gasteiger partial charge in [-0.05, 0) is 13.3 Å². The largest absolute Gasteiger partial charge is 0.478 e. The lowest BCUT2D eigenvalue weighted by Crippen LogP contribution is -2.36. The van der Waals surface area contributed by atoms with Gasteiger partial charge in [0.05, 0.1) is 17.1 Å². The van der Waals surface area contributed by atoms with E-state index in [1.807, 2.05) is 6.92 Å². The third kappa shape index (κ3) is 2.79. The van der Waals surface area contributed by atoms with Crippen molar-refractivity contribution in [2.24, 2.45) is 0 Å². The summed E-state index contributed by atoms with van der Waals surface area (Å²) in [7, 11) is 0. The molecule has 102 valence electrons. The number of hydrogen-bond acceptors (Lipinski definition) is 6. The average Bonchev–Trinajstić information content (AvgIpc) is 2.75. The van der Waals surface area contributed by atoms with Crippen LogP contribution in [0.25, 0.3) is 0 Å². The molecule has 0 saturated carbocycles. The number of pyridine rings is 1. The molecule has 1 aromatic rings. The molecule has 1 aliphatic rings. The van der Waals surface area contributed by atoms with Crippen molar-refractivity contribution in [3.8, 4) is 0 Å². The maximum atomic E-state index is 11.1. The molecule has 0 spiro atoms. The van der Waals surface area contributed by atoms with Gasteiger partial charge in [0, 0.05) is 12.7 Å². The minimum atomic E-state index is -1.26. The second kappa shape index (κ2) is 4.81. The molecule has 1 aliphatic heterocycles. The van der Waals surface area contributed by atoms with Crippen molar-refractivity contribution in [1.82, 2.24) is 4.98 Å². The topological polar surface area (TPSA) is 115 Å². The molecular weight excluding hydrogens is 254 g/mol. The number of nitrogens with one attached hydrogen (secondary N) is 1. The first kappa shape index (κ1) is 13.2. The highest BCUT2D eigenvalue weighted by Gasteiger charge is 2.31. The first-order chi connectivity index (χ1) is 8.91. The Kier molecular flexibility index (Phi) is 3.34. The number of hydrogen-bond donors (Lipinski definition) is 2. The number of aromatic nitrogens is 1. The van der Waals surface area contributed by atoms with Crippen LogP contribution < -0.4 is 5.32 Å². The molecule has 1 aromatic heterocycles. The molecule has 1 atom stereocenters. The number of carbonyl (C=O) groups is 1. The van der Waals surface area contributed by atoms with Crippen LogP contribution in [-0.4, -0.2) is 39.7 Å². The van der Waals surface area contributed by atoms with E-state index in [4.69, 9.17) is 9.84 Å². The first-order valence-corrected chi connectivity index (χ1v) is 5.65. The van der Waals surface area contributed by atoms with Crippen molar-refractivity contribution in [3.05, 3.63) is 27.9 Å². The fourth-order valence-electron chi connectivity index (χ4n) is 1.87. The zero-order chi connectivity index (χ0) is 14.0. The molecule has 0 aliphatic carbocycles. The molecule has 2 N–H and O–H groups in total. The van der Waals surface area contributed by atoms with Crippen molar-refractivity contribution in [1.29, 1.82) is 0 Å². The Labute approximate surface area is 108 Å². The van der Waals surface area contributed by atoms with Crippen LogP contribution in [-0.2, 0) is 4.74 Å². The van der Waals surface area contributed by atoms with Gasteiger partial charge in [-0.1, -0.05) is 0 Å². The van der Waals surface area contributed by atoms with E-state index in [2.05, 4.69) is 10.3 Å². The molecular formula is C11H13N3O5. The van der Waals surface area contributed by atoms with Gasteiger partial charge in [0.15, 0.2) is 0 Å². The quantitative estimate of drug-likeness (QED) is 0.623. The minimum absolute atomic E-state index is 0.117. The highest BCUT2D eigenvalue weighted by Crippen LogP contribution is 2.26. The van der Waals surface area contributed by atoms with E-state index in [9.17, 15) is 14.9 Å². The molecule has 8 heteroatoms. The van der Waals surface area contributed by atoms with E-state index in [-0.39, 0.29) is 17.1 Å². The maximum absolute atomic E-state index is 11.1. The van der Waals surface area contributed by atoms with Crippen LogP contribution in [0.1, 0.15) is 23.7 Å². The Morgan fingerprint density at radius 1 is 1.68 bits per heavy atom. The highest BCUT2D eigenvalue weighted by molar-refractivity contribution is 5.93. The zero-order valence-electron chi connectivity index (χ0n) is 10.3. The van der Waals surface area contributed by atoms with Crippen molar-refractivity contribution in [2.75, 3.05) is 18.5 Å². The summed E-state index contributed by atoms with van der Waals surface area (Å²) in [6.07, 6.45) is 1.75. The van der Waals surface area contributed by atoms with E-state index < -0.39 is 16.4 Å². The lowest BCUT2D eigenvalue weighted by Gasteiger charge is -2.24. The molecule has 1 fully saturated rings. The number of carboxylic acids is 1. The summed E-state index contributed by atoms with van der Waals surface area (Å²) in [5.41, 5.74) is -0.981. The normalized spacial score (nSPS) is 22.2. The van der Waals surface area contributed by atoms with Crippen LogP contribution in [0, 0.1) is 10.1 Å². The number of nitrogens with zero attached hydrogens (tertiary/aromatic N) is 2. The van der Waals surface area contributed by atoms with Crippen LogP contribution in [0.2, 0.25) is 0 Å². The Bertz CT molecular complexity index is 525. The fourth-order valence-corrected chi connectivity index (χ4v) is 1.87. The van der Waals surface area contributed by atoms with E-state index in [1.165, 1.54) is 0 Å². The van der Waals surface area contributed by atoms with Crippen LogP contribution in [0.3, 0.4) is 0 Å². The van der Waals surface area contributed by atoms with Gasteiger partial charge in [0.1, 0.15) is 17.6 Å². The SMILES string of the molecule is CC1(Nc2ncc([N+](=O)[O-])cc2C(=O)O)CCOC1. The number of aromatic carboxylic acids is 1. The summed E-state index contributed by atoms with van der Waals surface area (Å²) in [5, 5.41) is 22.7. The number of anilines is 1. The van der Waals surface area contributed by atoms with Crippen molar-refractivity contribution < 1.29 is 19.6 Å². The van der Waals surface area contributed by atoms with Crippen molar-refractivity contribution in [3.63, 3.8) is 0 Å². The molecule has 19 heavy (non-hydrogen) atoms. The van der Waals surface area contributed by atoms with Crippen molar-refractivity contribution in [2.45, 2.75) is 18.9 Å². The van der Waals surface area contributed by atoms with Crippen LogP contribution in [0.15, 0.2) is 12.3 Å². The van der Waals surface area contributed by atoms with Gasteiger partial charge >= 0.3 is 5.97 Å². The predicted molar refractivity (Wildman–Crippen MR) is 65.3 cm³/mol. The molecule has 2 rings (SSSR count). The van der Waals surface area contributed by atoms with Gasteiger partial charge in [-0.25, -0.2) is 9.78 Å². The summed E-state index contributed by atoms with van der Waals surface area (Å²) in [6.45, 7) is 2.90. The van der Waals surface area contributed by atoms with Crippen LogP contribution >= 0.6 is 0 Å². The standard InChI is InChI=1S/C11H13N3O5/c1-11(2-3-19-6-11)13-9-8(10(15)16)4-7(5-12-9)14(17)18/h4-5H,2-3,6H2,1H3,(H,12,13)(H,15,16). The van der Waals surface area contributed by atoms with Gasteiger partial charge in [0.2, 0.25) is 0 Å². The molecule has 0 bridgehead atoms. The van der Waals surface area contributed by atoms with Gasteiger partial charge < -0.3 is 15.2 Å². The zero-order valence-corrected chi connectivity index (χ0v) is 10.3. The van der Waals surface area contributed by atoms with E-state index in [0.717, 1.165) is 12.3 Å². The average molecular weight is 267 g/mol. The third-order valence-corrected chi connectivity index (χ3v) is 2.95. The van der Waals surface area contributed by atoms with E-state index in [1.54, 1.807) is 0 Å². The molecule has 0 radical (unpaired) electrons.